The summed E-state index contributed by atoms with van der Waals surface area (Å²) in [4.78, 5) is 12.8. The van der Waals surface area contributed by atoms with Crippen molar-refractivity contribution in [2.45, 2.75) is 4.90 Å². The summed E-state index contributed by atoms with van der Waals surface area (Å²) in [5.41, 5.74) is -0.341. The molecule has 0 bridgehead atoms. The smallest absolute Gasteiger partial charge is 0.243 e. The Morgan fingerprint density at radius 1 is 1.35 bits per heavy atom. The highest BCUT2D eigenvalue weighted by atomic mass is 32.2. The zero-order valence-electron chi connectivity index (χ0n) is 10.7. The van der Waals surface area contributed by atoms with E-state index >= 15 is 0 Å². The van der Waals surface area contributed by atoms with Gasteiger partial charge in [0.25, 0.3) is 0 Å². The topological polar surface area (TPSA) is 81.5 Å². The molecule has 0 aromatic heterocycles. The molecule has 0 aliphatic carbocycles. The number of benzene rings is 1. The number of hydrogen-bond donors (Lipinski definition) is 0. The van der Waals surface area contributed by atoms with Gasteiger partial charge in [-0.2, -0.15) is 9.57 Å². The van der Waals surface area contributed by atoms with Crippen LogP contribution in [-0.2, 0) is 14.8 Å². The van der Waals surface area contributed by atoms with E-state index in [1.54, 1.807) is 13.1 Å². The first-order valence-electron chi connectivity index (χ1n) is 5.80. The highest BCUT2D eigenvalue weighted by molar-refractivity contribution is 7.89. The maximum Gasteiger partial charge on any atom is 0.243 e. The van der Waals surface area contributed by atoms with Gasteiger partial charge in [0, 0.05) is 20.1 Å². The zero-order chi connectivity index (χ0) is 14.9. The van der Waals surface area contributed by atoms with Gasteiger partial charge in [0.15, 0.2) is 0 Å². The number of carbonyl (C=O) groups is 1. The maximum atomic E-state index is 13.2. The van der Waals surface area contributed by atoms with E-state index in [2.05, 4.69) is 0 Å². The Morgan fingerprint density at radius 2 is 2.05 bits per heavy atom. The Labute approximate surface area is 116 Å². The molecular formula is C12H12FN3O3S. The van der Waals surface area contributed by atoms with E-state index < -0.39 is 15.8 Å². The molecule has 1 amide bonds. The van der Waals surface area contributed by atoms with Crippen LogP contribution in [0.3, 0.4) is 0 Å². The summed E-state index contributed by atoms with van der Waals surface area (Å²) in [5.74, 6) is -1.08. The minimum atomic E-state index is -3.90. The average Bonchev–Trinajstić information content (AvgIpc) is 2.42. The number of carbonyl (C=O) groups excluding carboxylic acids is 1. The molecule has 0 atom stereocenters. The number of halogens is 1. The van der Waals surface area contributed by atoms with Gasteiger partial charge in [0.05, 0.1) is 17.0 Å². The van der Waals surface area contributed by atoms with Crippen LogP contribution in [0, 0.1) is 17.1 Å². The Balaban J connectivity index is 2.36. The Morgan fingerprint density at radius 3 is 2.65 bits per heavy atom. The van der Waals surface area contributed by atoms with Crippen molar-refractivity contribution in [3.63, 3.8) is 0 Å². The molecule has 1 aliphatic rings. The van der Waals surface area contributed by atoms with Crippen molar-refractivity contribution < 1.29 is 17.6 Å². The summed E-state index contributed by atoms with van der Waals surface area (Å²) in [6, 6.07) is 4.60. The van der Waals surface area contributed by atoms with E-state index in [4.69, 9.17) is 5.26 Å². The summed E-state index contributed by atoms with van der Waals surface area (Å²) in [7, 11) is -2.30. The van der Waals surface area contributed by atoms with Crippen molar-refractivity contribution >= 4 is 15.9 Å². The van der Waals surface area contributed by atoms with Gasteiger partial charge in [-0.05, 0) is 18.2 Å². The molecular weight excluding hydrogens is 285 g/mol. The van der Waals surface area contributed by atoms with Crippen LogP contribution in [0.1, 0.15) is 5.56 Å². The lowest BCUT2D eigenvalue weighted by molar-refractivity contribution is -0.132. The van der Waals surface area contributed by atoms with Gasteiger partial charge >= 0.3 is 0 Å². The number of rotatable bonds is 2. The molecule has 20 heavy (non-hydrogen) atoms. The molecule has 0 unspecified atom stereocenters. The van der Waals surface area contributed by atoms with Gasteiger partial charge in [0.2, 0.25) is 15.9 Å². The lowest BCUT2D eigenvalue weighted by atomic mass is 10.2. The number of piperazine rings is 1. The largest absolute Gasteiger partial charge is 0.343 e. The number of likely N-dealkylation sites (N-methyl/N-ethyl adjacent to an activating group) is 1. The van der Waals surface area contributed by atoms with Crippen LogP contribution in [0.4, 0.5) is 4.39 Å². The minimum absolute atomic E-state index is 0.170. The Bertz CT molecular complexity index is 696. The monoisotopic (exact) mass is 297 g/mol. The zero-order valence-corrected chi connectivity index (χ0v) is 11.5. The van der Waals surface area contributed by atoms with E-state index in [9.17, 15) is 17.6 Å². The van der Waals surface area contributed by atoms with Gasteiger partial charge in [0.1, 0.15) is 11.9 Å². The lowest BCUT2D eigenvalue weighted by Gasteiger charge is -2.31. The van der Waals surface area contributed by atoms with Crippen LogP contribution in [0.25, 0.3) is 0 Å². The van der Waals surface area contributed by atoms with Gasteiger partial charge < -0.3 is 4.90 Å². The molecule has 0 radical (unpaired) electrons. The lowest BCUT2D eigenvalue weighted by Crippen LogP contribution is -2.50. The second-order valence-corrected chi connectivity index (χ2v) is 6.35. The average molecular weight is 297 g/mol. The first-order chi connectivity index (χ1) is 9.36. The Kier molecular flexibility index (Phi) is 3.74. The second kappa shape index (κ2) is 5.19. The highest BCUT2D eigenvalue weighted by Crippen LogP contribution is 2.20. The molecule has 1 aromatic rings. The summed E-state index contributed by atoms with van der Waals surface area (Å²) >= 11 is 0. The molecule has 1 fully saturated rings. The van der Waals surface area contributed by atoms with Crippen molar-refractivity contribution in [2.75, 3.05) is 26.7 Å². The molecule has 0 saturated carbocycles. The molecule has 0 spiro atoms. The van der Waals surface area contributed by atoms with Crippen molar-refractivity contribution in [3.8, 4) is 6.07 Å². The molecule has 8 heteroatoms. The second-order valence-electron chi connectivity index (χ2n) is 4.41. The van der Waals surface area contributed by atoms with Crippen LogP contribution in [0.15, 0.2) is 23.1 Å². The van der Waals surface area contributed by atoms with Crippen molar-refractivity contribution in [2.24, 2.45) is 0 Å². The van der Waals surface area contributed by atoms with Crippen LogP contribution < -0.4 is 0 Å². The van der Waals surface area contributed by atoms with Crippen molar-refractivity contribution in [1.29, 1.82) is 5.26 Å². The number of sulfonamides is 1. The molecule has 2 rings (SSSR count). The summed E-state index contributed by atoms with van der Waals surface area (Å²) in [5, 5.41) is 8.74. The van der Waals surface area contributed by atoms with E-state index in [0.717, 1.165) is 22.5 Å². The fourth-order valence-corrected chi connectivity index (χ4v) is 3.25. The van der Waals surface area contributed by atoms with Gasteiger partial charge in [-0.3, -0.25) is 4.79 Å². The van der Waals surface area contributed by atoms with Crippen LogP contribution in [0.5, 0.6) is 0 Å². The number of hydrogen-bond acceptors (Lipinski definition) is 4. The van der Waals surface area contributed by atoms with Crippen LogP contribution in [0.2, 0.25) is 0 Å². The van der Waals surface area contributed by atoms with Crippen molar-refractivity contribution in [3.05, 3.63) is 29.6 Å². The summed E-state index contributed by atoms with van der Waals surface area (Å²) in [6.45, 7) is 0.215. The molecule has 6 nitrogen and oxygen atoms in total. The molecule has 1 aliphatic heterocycles. The number of amides is 1. The predicted molar refractivity (Wildman–Crippen MR) is 67.5 cm³/mol. The summed E-state index contributed by atoms with van der Waals surface area (Å²) in [6.07, 6.45) is 0. The molecule has 0 N–H and O–H groups in total. The highest BCUT2D eigenvalue weighted by Gasteiger charge is 2.31. The van der Waals surface area contributed by atoms with E-state index in [0.29, 0.717) is 6.54 Å². The standard InChI is InChI=1S/C12H12FN3O3S/c1-15-4-5-16(8-12(15)17)20(18,19)10-2-3-11(13)9(6-10)7-14/h2-3,6H,4-5,8H2,1H3. The third-order valence-corrected chi connectivity index (χ3v) is 4.96. The third-order valence-electron chi connectivity index (χ3n) is 3.12. The number of nitriles is 1. The molecule has 1 saturated heterocycles. The van der Waals surface area contributed by atoms with Crippen molar-refractivity contribution in [1.82, 2.24) is 9.21 Å². The fraction of sp³-hybridized carbons (Fsp3) is 0.333. The Hall–Kier alpha value is -1.98. The summed E-state index contributed by atoms with van der Waals surface area (Å²) < 4.78 is 38.9. The quantitative estimate of drug-likeness (QED) is 0.778. The predicted octanol–water partition coefficient (Wildman–Crippen LogP) is 0.160. The third kappa shape index (κ3) is 2.50. The molecule has 1 heterocycles. The maximum absolute atomic E-state index is 13.2. The number of nitrogens with zero attached hydrogens (tertiary/aromatic N) is 3. The van der Waals surface area contributed by atoms with E-state index in [1.165, 1.54) is 4.90 Å². The van der Waals surface area contributed by atoms with Crippen LogP contribution >= 0.6 is 0 Å². The fourth-order valence-electron chi connectivity index (χ4n) is 1.84. The van der Waals surface area contributed by atoms with E-state index in [-0.39, 0.29) is 29.5 Å². The molecule has 106 valence electrons. The minimum Gasteiger partial charge on any atom is -0.343 e. The van der Waals surface area contributed by atoms with Gasteiger partial charge in [-0.1, -0.05) is 0 Å². The normalized spacial score (nSPS) is 17.1. The van der Waals surface area contributed by atoms with Gasteiger partial charge in [-0.25, -0.2) is 12.8 Å². The SMILES string of the molecule is CN1CCN(S(=O)(=O)c2ccc(F)c(C#N)c2)CC1=O. The first-order valence-corrected chi connectivity index (χ1v) is 7.24. The first kappa shape index (κ1) is 14.4. The van der Waals surface area contributed by atoms with Crippen LogP contribution in [-0.4, -0.2) is 50.2 Å². The molecule has 1 aromatic carbocycles. The van der Waals surface area contributed by atoms with Gasteiger partial charge in [-0.15, -0.1) is 0 Å². The van der Waals surface area contributed by atoms with E-state index in [1.807, 2.05) is 0 Å².